The molecule has 110 valence electrons. The molecule has 0 bridgehead atoms. The van der Waals surface area contributed by atoms with Crippen molar-refractivity contribution in [3.63, 3.8) is 0 Å². The highest BCUT2D eigenvalue weighted by molar-refractivity contribution is 5.94. The van der Waals surface area contributed by atoms with E-state index in [4.69, 9.17) is 14.2 Å². The van der Waals surface area contributed by atoms with E-state index in [0.717, 1.165) is 0 Å². The Labute approximate surface area is 118 Å². The van der Waals surface area contributed by atoms with Gasteiger partial charge in [-0.3, -0.25) is 4.79 Å². The summed E-state index contributed by atoms with van der Waals surface area (Å²) in [5.41, 5.74) is 0.242. The Morgan fingerprint density at radius 2 is 1.80 bits per heavy atom. The maximum absolute atomic E-state index is 12.0. The Morgan fingerprint density at radius 3 is 2.30 bits per heavy atom. The van der Waals surface area contributed by atoms with Crippen LogP contribution < -0.4 is 9.47 Å². The van der Waals surface area contributed by atoms with Gasteiger partial charge in [0.25, 0.3) is 5.91 Å². The highest BCUT2D eigenvalue weighted by atomic mass is 16.5. The summed E-state index contributed by atoms with van der Waals surface area (Å²) in [6.45, 7) is 1.52. The first-order valence-electron chi connectivity index (χ1n) is 6.04. The van der Waals surface area contributed by atoms with Gasteiger partial charge in [-0.15, -0.1) is 0 Å². The van der Waals surface area contributed by atoms with Gasteiger partial charge < -0.3 is 19.1 Å². The summed E-state index contributed by atoms with van der Waals surface area (Å²) in [7, 11) is 6.16. The minimum absolute atomic E-state index is 0.242. The fourth-order valence-electron chi connectivity index (χ4n) is 1.61. The first-order valence-corrected chi connectivity index (χ1v) is 6.04. The average Bonchev–Trinajstić information content (AvgIpc) is 2.45. The van der Waals surface area contributed by atoms with Crippen molar-refractivity contribution >= 4 is 11.9 Å². The summed E-state index contributed by atoms with van der Waals surface area (Å²) in [5, 5.41) is 0. The number of rotatable bonds is 5. The van der Waals surface area contributed by atoms with Gasteiger partial charge in [0.2, 0.25) is 0 Å². The monoisotopic (exact) mass is 281 g/mol. The zero-order valence-corrected chi connectivity index (χ0v) is 12.3. The van der Waals surface area contributed by atoms with E-state index in [1.807, 2.05) is 0 Å². The minimum Gasteiger partial charge on any atom is -0.497 e. The van der Waals surface area contributed by atoms with Crippen molar-refractivity contribution in [3.8, 4) is 11.5 Å². The van der Waals surface area contributed by atoms with Gasteiger partial charge in [0.1, 0.15) is 17.1 Å². The van der Waals surface area contributed by atoms with E-state index in [0.29, 0.717) is 11.5 Å². The van der Waals surface area contributed by atoms with Crippen LogP contribution in [0.25, 0.3) is 0 Å². The van der Waals surface area contributed by atoms with Crippen LogP contribution in [0.1, 0.15) is 17.3 Å². The first kappa shape index (κ1) is 15.8. The van der Waals surface area contributed by atoms with Gasteiger partial charge >= 0.3 is 5.97 Å². The lowest BCUT2D eigenvalue weighted by atomic mass is 10.2. The second kappa shape index (κ2) is 6.79. The molecule has 0 saturated carbocycles. The highest BCUT2D eigenvalue weighted by Crippen LogP contribution is 2.25. The molecule has 0 fully saturated rings. The Bertz CT molecular complexity index is 498. The number of hydrogen-bond acceptors (Lipinski definition) is 5. The summed E-state index contributed by atoms with van der Waals surface area (Å²) in [6.07, 6.45) is -0.857. The molecule has 0 aromatic heterocycles. The van der Waals surface area contributed by atoms with Crippen molar-refractivity contribution < 1.29 is 23.8 Å². The van der Waals surface area contributed by atoms with Gasteiger partial charge in [-0.05, 0) is 19.1 Å². The van der Waals surface area contributed by atoms with Crippen molar-refractivity contribution in [2.45, 2.75) is 13.0 Å². The van der Waals surface area contributed by atoms with E-state index in [2.05, 4.69) is 0 Å². The zero-order chi connectivity index (χ0) is 15.3. The molecule has 6 heteroatoms. The summed E-state index contributed by atoms with van der Waals surface area (Å²) >= 11 is 0. The molecule has 1 atom stereocenters. The third kappa shape index (κ3) is 3.63. The molecule has 0 aliphatic carbocycles. The van der Waals surface area contributed by atoms with Crippen LogP contribution in [0.5, 0.6) is 11.5 Å². The molecule has 0 radical (unpaired) electrons. The van der Waals surface area contributed by atoms with Gasteiger partial charge in [-0.25, -0.2) is 4.79 Å². The molecule has 0 heterocycles. The second-order valence-corrected chi connectivity index (χ2v) is 4.35. The van der Waals surface area contributed by atoms with Crippen molar-refractivity contribution in [1.82, 2.24) is 4.90 Å². The third-order valence-corrected chi connectivity index (χ3v) is 2.70. The number of carbonyl (C=O) groups is 2. The largest absolute Gasteiger partial charge is 0.497 e. The Morgan fingerprint density at radius 1 is 1.15 bits per heavy atom. The Balaban J connectivity index is 2.90. The van der Waals surface area contributed by atoms with Crippen LogP contribution >= 0.6 is 0 Å². The predicted octanol–water partition coefficient (Wildman–Crippen LogP) is 1.34. The van der Waals surface area contributed by atoms with Crippen LogP contribution in [0.4, 0.5) is 0 Å². The molecule has 1 aromatic carbocycles. The molecule has 0 saturated heterocycles. The molecular formula is C14H19NO5. The Kier molecular flexibility index (Phi) is 5.37. The van der Waals surface area contributed by atoms with E-state index in [-0.39, 0.29) is 11.5 Å². The third-order valence-electron chi connectivity index (χ3n) is 2.70. The molecule has 0 aliphatic rings. The normalized spacial score (nSPS) is 11.4. The summed E-state index contributed by atoms with van der Waals surface area (Å²) in [5.74, 6) is -0.00676. The van der Waals surface area contributed by atoms with Gasteiger partial charge in [-0.2, -0.15) is 0 Å². The molecule has 0 aliphatic heterocycles. The number of nitrogens with zero attached hydrogens (tertiary/aromatic N) is 1. The van der Waals surface area contributed by atoms with Gasteiger partial charge in [0, 0.05) is 20.2 Å². The van der Waals surface area contributed by atoms with Crippen molar-refractivity contribution in [2.24, 2.45) is 0 Å². The maximum atomic E-state index is 12.0. The number of ether oxygens (including phenoxy) is 3. The smallest absolute Gasteiger partial charge is 0.342 e. The molecule has 1 aromatic rings. The number of methoxy groups -OCH3 is 2. The topological polar surface area (TPSA) is 65.1 Å². The molecule has 0 unspecified atom stereocenters. The lowest BCUT2D eigenvalue weighted by Gasteiger charge is -2.18. The van der Waals surface area contributed by atoms with Crippen LogP contribution in [0.2, 0.25) is 0 Å². The zero-order valence-electron chi connectivity index (χ0n) is 12.3. The van der Waals surface area contributed by atoms with Gasteiger partial charge in [-0.1, -0.05) is 0 Å². The Hall–Kier alpha value is -2.24. The lowest BCUT2D eigenvalue weighted by molar-refractivity contribution is -0.137. The molecule has 20 heavy (non-hydrogen) atoms. The lowest BCUT2D eigenvalue weighted by Crippen LogP contribution is -2.34. The summed E-state index contributed by atoms with van der Waals surface area (Å²) in [6, 6.07) is 4.74. The van der Waals surface area contributed by atoms with Crippen LogP contribution in [0.15, 0.2) is 18.2 Å². The number of esters is 1. The average molecular weight is 281 g/mol. The standard InChI is InChI=1S/C14H19NO5/c1-9(13(16)15(2)3)20-14(17)11-7-6-10(18-4)8-12(11)19-5/h6-9H,1-5H3/t9-/m1/s1. The highest BCUT2D eigenvalue weighted by Gasteiger charge is 2.22. The summed E-state index contributed by atoms with van der Waals surface area (Å²) in [4.78, 5) is 25.1. The molecule has 0 N–H and O–H groups in total. The molecule has 1 rings (SSSR count). The first-order chi connectivity index (χ1) is 9.40. The molecule has 1 amide bonds. The van der Waals surface area contributed by atoms with Crippen molar-refractivity contribution in [1.29, 1.82) is 0 Å². The quantitative estimate of drug-likeness (QED) is 0.762. The van der Waals surface area contributed by atoms with E-state index < -0.39 is 12.1 Å². The number of amides is 1. The number of likely N-dealkylation sites (N-methyl/N-ethyl adjacent to an activating group) is 1. The molecule has 0 spiro atoms. The number of carbonyl (C=O) groups excluding carboxylic acids is 2. The minimum atomic E-state index is -0.857. The van der Waals surface area contributed by atoms with Gasteiger partial charge in [0.15, 0.2) is 6.10 Å². The molecule has 6 nitrogen and oxygen atoms in total. The maximum Gasteiger partial charge on any atom is 0.342 e. The van der Waals surface area contributed by atoms with E-state index in [1.54, 1.807) is 26.2 Å². The summed E-state index contributed by atoms with van der Waals surface area (Å²) < 4.78 is 15.3. The van der Waals surface area contributed by atoms with Crippen LogP contribution in [-0.2, 0) is 9.53 Å². The number of benzene rings is 1. The van der Waals surface area contributed by atoms with E-state index in [1.165, 1.54) is 32.1 Å². The van der Waals surface area contributed by atoms with Crippen LogP contribution in [0.3, 0.4) is 0 Å². The van der Waals surface area contributed by atoms with E-state index in [9.17, 15) is 9.59 Å². The van der Waals surface area contributed by atoms with Crippen molar-refractivity contribution in [3.05, 3.63) is 23.8 Å². The predicted molar refractivity (Wildman–Crippen MR) is 73.1 cm³/mol. The SMILES string of the molecule is COc1ccc(C(=O)O[C@H](C)C(=O)N(C)C)c(OC)c1. The fraction of sp³-hybridized carbons (Fsp3) is 0.429. The van der Waals surface area contributed by atoms with Gasteiger partial charge in [0.05, 0.1) is 14.2 Å². The van der Waals surface area contributed by atoms with Crippen LogP contribution in [-0.4, -0.2) is 51.2 Å². The van der Waals surface area contributed by atoms with Crippen LogP contribution in [0, 0.1) is 0 Å². The molecular weight excluding hydrogens is 262 g/mol. The second-order valence-electron chi connectivity index (χ2n) is 4.35. The fourth-order valence-corrected chi connectivity index (χ4v) is 1.61. The van der Waals surface area contributed by atoms with Crippen molar-refractivity contribution in [2.75, 3.05) is 28.3 Å². The number of hydrogen-bond donors (Lipinski definition) is 0. The van der Waals surface area contributed by atoms with E-state index >= 15 is 0 Å².